The monoisotopic (exact) mass is 265 g/mol. The summed E-state index contributed by atoms with van der Waals surface area (Å²) in [5, 5.41) is 8.17. The van der Waals surface area contributed by atoms with Crippen LogP contribution in [0, 0.1) is 17.2 Å². The molecule has 3 nitrogen and oxygen atoms in total. The van der Waals surface area contributed by atoms with Crippen molar-refractivity contribution in [2.45, 2.75) is 20.3 Å². The SMILES string of the molecule is CC1CCN(c2cc(Cl)cc(N)c2C=N)CC1C. The third-order valence-corrected chi connectivity index (χ3v) is 4.19. The van der Waals surface area contributed by atoms with Crippen LogP contribution in [0.1, 0.15) is 25.8 Å². The zero-order chi connectivity index (χ0) is 13.3. The average molecular weight is 266 g/mol. The van der Waals surface area contributed by atoms with Crippen LogP contribution < -0.4 is 10.6 Å². The molecule has 0 aromatic heterocycles. The van der Waals surface area contributed by atoms with E-state index in [1.54, 1.807) is 6.07 Å². The number of anilines is 2. The summed E-state index contributed by atoms with van der Waals surface area (Å²) < 4.78 is 0. The molecule has 1 aliphatic rings. The van der Waals surface area contributed by atoms with Gasteiger partial charge in [0.05, 0.1) is 0 Å². The van der Waals surface area contributed by atoms with Crippen molar-refractivity contribution >= 4 is 29.2 Å². The molecule has 1 fully saturated rings. The van der Waals surface area contributed by atoms with E-state index in [0.29, 0.717) is 16.6 Å². The largest absolute Gasteiger partial charge is 0.398 e. The third kappa shape index (κ3) is 2.46. The molecule has 1 aromatic carbocycles. The van der Waals surface area contributed by atoms with Gasteiger partial charge in [-0.3, -0.25) is 0 Å². The van der Waals surface area contributed by atoms with Crippen molar-refractivity contribution in [1.82, 2.24) is 0 Å². The predicted octanol–water partition coefficient (Wildman–Crippen LogP) is 3.40. The second-order valence-electron chi connectivity index (χ2n) is 5.26. The highest BCUT2D eigenvalue weighted by molar-refractivity contribution is 6.31. The maximum absolute atomic E-state index is 7.53. The van der Waals surface area contributed by atoms with Gasteiger partial charge in [-0.1, -0.05) is 25.4 Å². The lowest BCUT2D eigenvalue weighted by molar-refractivity contribution is 0.324. The molecule has 2 rings (SSSR count). The normalized spacial score (nSPS) is 24.1. The Bertz CT molecular complexity index is 459. The Labute approximate surface area is 113 Å². The van der Waals surface area contributed by atoms with Gasteiger partial charge in [-0.05, 0) is 30.4 Å². The lowest BCUT2D eigenvalue weighted by Crippen LogP contribution is -2.39. The minimum absolute atomic E-state index is 0.582. The first kappa shape index (κ1) is 13.2. The highest BCUT2D eigenvalue weighted by Gasteiger charge is 2.24. The number of hydrogen-bond acceptors (Lipinski definition) is 3. The van der Waals surface area contributed by atoms with Gasteiger partial charge in [-0.2, -0.15) is 0 Å². The van der Waals surface area contributed by atoms with E-state index in [2.05, 4.69) is 18.7 Å². The molecule has 98 valence electrons. The van der Waals surface area contributed by atoms with Crippen LogP contribution in [0.4, 0.5) is 11.4 Å². The van der Waals surface area contributed by atoms with E-state index in [4.69, 9.17) is 22.7 Å². The number of nitrogen functional groups attached to an aromatic ring is 1. The molecule has 0 spiro atoms. The molecule has 0 bridgehead atoms. The number of benzene rings is 1. The average Bonchev–Trinajstić information content (AvgIpc) is 2.32. The molecule has 2 atom stereocenters. The maximum Gasteiger partial charge on any atom is 0.0491 e. The Morgan fingerprint density at radius 3 is 2.72 bits per heavy atom. The highest BCUT2D eigenvalue weighted by atomic mass is 35.5. The Morgan fingerprint density at radius 2 is 2.11 bits per heavy atom. The van der Waals surface area contributed by atoms with Crippen LogP contribution in [0.3, 0.4) is 0 Å². The molecule has 0 amide bonds. The Morgan fingerprint density at radius 1 is 1.39 bits per heavy atom. The summed E-state index contributed by atoms with van der Waals surface area (Å²) in [4.78, 5) is 2.30. The number of nitrogens with two attached hydrogens (primary N) is 1. The van der Waals surface area contributed by atoms with Gasteiger partial charge in [0, 0.05) is 41.3 Å². The molecule has 0 saturated carbocycles. The Hall–Kier alpha value is -1.22. The smallest absolute Gasteiger partial charge is 0.0491 e. The topological polar surface area (TPSA) is 53.1 Å². The number of hydrogen-bond donors (Lipinski definition) is 2. The lowest BCUT2D eigenvalue weighted by Gasteiger charge is -2.37. The quantitative estimate of drug-likeness (QED) is 0.636. The Kier molecular flexibility index (Phi) is 3.81. The molecule has 4 heteroatoms. The van der Waals surface area contributed by atoms with Crippen LogP contribution in [0.15, 0.2) is 12.1 Å². The first-order chi connectivity index (χ1) is 8.52. The van der Waals surface area contributed by atoms with Gasteiger partial charge >= 0.3 is 0 Å². The molecule has 0 radical (unpaired) electrons. The van der Waals surface area contributed by atoms with Crippen LogP contribution >= 0.6 is 11.6 Å². The lowest BCUT2D eigenvalue weighted by atomic mass is 9.88. The summed E-state index contributed by atoms with van der Waals surface area (Å²) in [5.74, 6) is 1.40. The molecule has 1 saturated heterocycles. The van der Waals surface area contributed by atoms with Crippen molar-refractivity contribution < 1.29 is 0 Å². The van der Waals surface area contributed by atoms with Crippen LogP contribution in [-0.2, 0) is 0 Å². The molecule has 1 aromatic rings. The standard InChI is InChI=1S/C14H20ClN3/c1-9-3-4-18(8-10(9)2)14-6-11(15)5-13(17)12(14)7-16/h5-7,9-10,16H,3-4,8,17H2,1-2H3. The minimum Gasteiger partial charge on any atom is -0.398 e. The van der Waals surface area contributed by atoms with Crippen molar-refractivity contribution in [1.29, 1.82) is 5.41 Å². The molecule has 3 N–H and O–H groups in total. The first-order valence-corrected chi connectivity index (χ1v) is 6.75. The van der Waals surface area contributed by atoms with Gasteiger partial charge in [0.2, 0.25) is 0 Å². The van der Waals surface area contributed by atoms with E-state index in [-0.39, 0.29) is 0 Å². The van der Waals surface area contributed by atoms with Crippen molar-refractivity contribution in [3.8, 4) is 0 Å². The predicted molar refractivity (Wildman–Crippen MR) is 78.9 cm³/mol. The summed E-state index contributed by atoms with van der Waals surface area (Å²) in [5.41, 5.74) is 8.29. The zero-order valence-electron chi connectivity index (χ0n) is 10.9. The highest BCUT2D eigenvalue weighted by Crippen LogP contribution is 2.33. The summed E-state index contributed by atoms with van der Waals surface area (Å²) in [6.07, 6.45) is 2.49. The molecule has 2 unspecified atom stereocenters. The van der Waals surface area contributed by atoms with Gasteiger partial charge in [0.15, 0.2) is 0 Å². The number of rotatable bonds is 2. The van der Waals surface area contributed by atoms with E-state index in [1.807, 2.05) is 6.07 Å². The van der Waals surface area contributed by atoms with E-state index in [0.717, 1.165) is 30.3 Å². The van der Waals surface area contributed by atoms with Crippen molar-refractivity contribution in [3.05, 3.63) is 22.7 Å². The fraction of sp³-hybridized carbons (Fsp3) is 0.500. The van der Waals surface area contributed by atoms with Gasteiger partial charge in [0.25, 0.3) is 0 Å². The molecule has 0 aliphatic carbocycles. The summed E-state index contributed by atoms with van der Waals surface area (Å²) in [6.45, 7) is 6.58. The van der Waals surface area contributed by atoms with Gasteiger partial charge in [0.1, 0.15) is 0 Å². The molecular formula is C14H20ClN3. The fourth-order valence-corrected chi connectivity index (χ4v) is 2.75. The van der Waals surface area contributed by atoms with Crippen LogP contribution in [0.5, 0.6) is 0 Å². The summed E-state index contributed by atoms with van der Waals surface area (Å²) in [6, 6.07) is 3.63. The third-order valence-electron chi connectivity index (χ3n) is 3.97. The minimum atomic E-state index is 0.582. The number of nitrogens with one attached hydrogen (secondary N) is 1. The molecular weight excluding hydrogens is 246 g/mol. The number of nitrogens with zero attached hydrogens (tertiary/aromatic N) is 1. The first-order valence-electron chi connectivity index (χ1n) is 6.37. The van der Waals surface area contributed by atoms with Crippen molar-refractivity contribution in [2.75, 3.05) is 23.7 Å². The van der Waals surface area contributed by atoms with Gasteiger partial charge in [-0.25, -0.2) is 0 Å². The maximum atomic E-state index is 7.53. The summed E-state index contributed by atoms with van der Waals surface area (Å²) >= 11 is 6.08. The second kappa shape index (κ2) is 5.19. The number of piperidine rings is 1. The van der Waals surface area contributed by atoms with Crippen molar-refractivity contribution in [2.24, 2.45) is 11.8 Å². The molecule has 1 aliphatic heterocycles. The van der Waals surface area contributed by atoms with Crippen LogP contribution in [0.2, 0.25) is 5.02 Å². The van der Waals surface area contributed by atoms with E-state index >= 15 is 0 Å². The molecule has 18 heavy (non-hydrogen) atoms. The van der Waals surface area contributed by atoms with E-state index < -0.39 is 0 Å². The van der Waals surface area contributed by atoms with Gasteiger partial charge in [-0.15, -0.1) is 0 Å². The van der Waals surface area contributed by atoms with E-state index in [9.17, 15) is 0 Å². The van der Waals surface area contributed by atoms with E-state index in [1.165, 1.54) is 12.6 Å². The fourth-order valence-electron chi connectivity index (χ4n) is 2.52. The van der Waals surface area contributed by atoms with Crippen LogP contribution in [0.25, 0.3) is 0 Å². The zero-order valence-corrected chi connectivity index (χ0v) is 11.7. The number of halogens is 1. The molecule has 1 heterocycles. The summed E-state index contributed by atoms with van der Waals surface area (Å²) in [7, 11) is 0. The van der Waals surface area contributed by atoms with Crippen LogP contribution in [-0.4, -0.2) is 19.3 Å². The second-order valence-corrected chi connectivity index (χ2v) is 5.70. The van der Waals surface area contributed by atoms with Crippen molar-refractivity contribution in [3.63, 3.8) is 0 Å². The van der Waals surface area contributed by atoms with Gasteiger partial charge < -0.3 is 16.0 Å². The Balaban J connectivity index is 2.35.